The molecule has 0 bridgehead atoms. The number of hydrogen-bond donors (Lipinski definition) is 0. The standard InChI is InChI=1S/C72H126O6/c1-4-7-10-13-16-19-22-25-28-31-32-33-34-35-36-37-38-39-40-42-44-47-50-53-56-59-62-65-71(74)77-68-69(67-76-70(73)64-61-58-55-52-49-46-43-30-27-24-21-18-15-12-9-6-3)78-72(75)66-63-60-57-54-51-48-45-41-29-26-23-20-17-14-11-8-5-2/h7,10,16,19,25-26,28-29,32-33,35-36,38-39,69H,4-6,8-9,11-15,17-18,20-24,27,30-31,34,37,40-68H2,1-3H3/b10-7-,19-16-,28-25-,29-26-,33-32-,36-35-,39-38-. The summed E-state index contributed by atoms with van der Waals surface area (Å²) < 4.78 is 17.0. The molecule has 1 atom stereocenters. The molecule has 1 unspecified atom stereocenters. The molecule has 0 aliphatic heterocycles. The van der Waals surface area contributed by atoms with Crippen molar-refractivity contribution in [3.05, 3.63) is 85.1 Å². The summed E-state index contributed by atoms with van der Waals surface area (Å²) >= 11 is 0. The van der Waals surface area contributed by atoms with Gasteiger partial charge in [-0.05, 0) is 96.3 Å². The first-order valence-corrected chi connectivity index (χ1v) is 33.6. The van der Waals surface area contributed by atoms with E-state index in [1.807, 2.05) is 0 Å². The number of carbonyl (C=O) groups excluding carboxylic acids is 3. The summed E-state index contributed by atoms with van der Waals surface area (Å²) in [6.07, 6.45) is 87.3. The van der Waals surface area contributed by atoms with Crippen LogP contribution in [0, 0.1) is 0 Å². The van der Waals surface area contributed by atoms with Gasteiger partial charge in [0.15, 0.2) is 6.10 Å². The van der Waals surface area contributed by atoms with Gasteiger partial charge in [0, 0.05) is 19.3 Å². The molecule has 0 saturated carbocycles. The van der Waals surface area contributed by atoms with Crippen LogP contribution in [0.1, 0.15) is 335 Å². The number of allylic oxidation sites excluding steroid dienone is 14. The van der Waals surface area contributed by atoms with Gasteiger partial charge in [0.2, 0.25) is 0 Å². The van der Waals surface area contributed by atoms with E-state index >= 15 is 0 Å². The van der Waals surface area contributed by atoms with Crippen LogP contribution in [0.4, 0.5) is 0 Å². The number of esters is 3. The summed E-state index contributed by atoms with van der Waals surface area (Å²) in [6, 6.07) is 0. The fourth-order valence-corrected chi connectivity index (χ4v) is 9.62. The van der Waals surface area contributed by atoms with Gasteiger partial charge < -0.3 is 14.2 Å². The average molecular weight is 1090 g/mol. The van der Waals surface area contributed by atoms with E-state index < -0.39 is 6.10 Å². The second-order valence-electron chi connectivity index (χ2n) is 22.4. The van der Waals surface area contributed by atoms with Crippen LogP contribution < -0.4 is 0 Å². The first-order valence-electron chi connectivity index (χ1n) is 33.6. The summed E-state index contributed by atoms with van der Waals surface area (Å²) in [5, 5.41) is 0. The smallest absolute Gasteiger partial charge is 0.306 e. The molecule has 0 aliphatic rings. The molecule has 78 heavy (non-hydrogen) atoms. The summed E-state index contributed by atoms with van der Waals surface area (Å²) in [5.74, 6) is -0.873. The Morgan fingerprint density at radius 3 is 0.795 bits per heavy atom. The maximum atomic E-state index is 12.9. The second kappa shape index (κ2) is 66.1. The molecule has 6 nitrogen and oxygen atoms in total. The summed E-state index contributed by atoms with van der Waals surface area (Å²) in [5.41, 5.74) is 0. The Kier molecular flexibility index (Phi) is 63.2. The maximum Gasteiger partial charge on any atom is 0.306 e. The largest absolute Gasteiger partial charge is 0.462 e. The van der Waals surface area contributed by atoms with Crippen molar-refractivity contribution >= 4 is 17.9 Å². The highest BCUT2D eigenvalue weighted by molar-refractivity contribution is 5.71. The SMILES string of the molecule is CC/C=C\C/C=C\C/C=C\C/C=C\C/C=C\C/C=C\CCCCCCCCCCC(=O)OCC(COC(=O)CCCCCCCCCCCCCCCCCC)OC(=O)CCCCCCCCC/C=C\CCCCCCCC. The van der Waals surface area contributed by atoms with E-state index in [9.17, 15) is 14.4 Å². The van der Waals surface area contributed by atoms with E-state index in [1.54, 1.807) is 0 Å². The highest BCUT2D eigenvalue weighted by Gasteiger charge is 2.19. The molecule has 0 amide bonds. The molecule has 0 rings (SSSR count). The third-order valence-corrected chi connectivity index (χ3v) is 14.6. The third kappa shape index (κ3) is 63.4. The Morgan fingerprint density at radius 2 is 0.500 bits per heavy atom. The van der Waals surface area contributed by atoms with Crippen molar-refractivity contribution in [2.24, 2.45) is 0 Å². The van der Waals surface area contributed by atoms with Crippen LogP contribution in [0.15, 0.2) is 85.1 Å². The van der Waals surface area contributed by atoms with E-state index in [0.717, 1.165) is 103 Å². The molecule has 0 aliphatic carbocycles. The van der Waals surface area contributed by atoms with Crippen LogP contribution in [-0.2, 0) is 28.6 Å². The lowest BCUT2D eigenvalue weighted by Gasteiger charge is -2.18. The van der Waals surface area contributed by atoms with Gasteiger partial charge in [-0.1, -0.05) is 305 Å². The monoisotopic (exact) mass is 1090 g/mol. The number of hydrogen-bond acceptors (Lipinski definition) is 6. The Bertz CT molecular complexity index is 1480. The molecule has 0 aromatic carbocycles. The lowest BCUT2D eigenvalue weighted by atomic mass is 10.0. The number of ether oxygens (including phenoxy) is 3. The average Bonchev–Trinajstić information content (AvgIpc) is 3.44. The van der Waals surface area contributed by atoms with Gasteiger partial charge in [0.05, 0.1) is 0 Å². The Morgan fingerprint density at radius 1 is 0.269 bits per heavy atom. The number of carbonyl (C=O) groups is 3. The van der Waals surface area contributed by atoms with Crippen LogP contribution in [0.5, 0.6) is 0 Å². The molecular weight excluding hydrogens is 961 g/mol. The van der Waals surface area contributed by atoms with E-state index in [2.05, 4.69) is 106 Å². The van der Waals surface area contributed by atoms with Crippen molar-refractivity contribution in [3.63, 3.8) is 0 Å². The van der Waals surface area contributed by atoms with Gasteiger partial charge in [-0.15, -0.1) is 0 Å². The summed E-state index contributed by atoms with van der Waals surface area (Å²) in [4.78, 5) is 38.4. The zero-order valence-electron chi connectivity index (χ0n) is 51.7. The van der Waals surface area contributed by atoms with Gasteiger partial charge in [0.1, 0.15) is 13.2 Å². The van der Waals surface area contributed by atoms with Crippen LogP contribution in [-0.4, -0.2) is 37.2 Å². The summed E-state index contributed by atoms with van der Waals surface area (Å²) in [7, 11) is 0. The van der Waals surface area contributed by atoms with E-state index in [1.165, 1.54) is 193 Å². The predicted molar refractivity (Wildman–Crippen MR) is 339 cm³/mol. The van der Waals surface area contributed by atoms with Crippen LogP contribution in [0.3, 0.4) is 0 Å². The topological polar surface area (TPSA) is 78.9 Å². The zero-order valence-corrected chi connectivity index (χ0v) is 51.7. The molecular formula is C72H126O6. The Labute approximate surface area is 484 Å². The number of rotatable bonds is 61. The second-order valence-corrected chi connectivity index (χ2v) is 22.4. The van der Waals surface area contributed by atoms with Crippen LogP contribution in [0.2, 0.25) is 0 Å². The molecule has 0 aromatic heterocycles. The van der Waals surface area contributed by atoms with Crippen molar-refractivity contribution in [2.75, 3.05) is 13.2 Å². The Hall–Kier alpha value is -3.41. The molecule has 6 heteroatoms. The van der Waals surface area contributed by atoms with Gasteiger partial charge in [-0.25, -0.2) is 0 Å². The Balaban J connectivity index is 4.34. The lowest BCUT2D eigenvalue weighted by Crippen LogP contribution is -2.30. The quantitative estimate of drug-likeness (QED) is 0.0261. The van der Waals surface area contributed by atoms with Gasteiger partial charge >= 0.3 is 17.9 Å². The fraction of sp³-hybridized carbons (Fsp3) is 0.764. The van der Waals surface area contributed by atoms with Crippen LogP contribution >= 0.6 is 0 Å². The predicted octanol–water partition coefficient (Wildman–Crippen LogP) is 23.1. The maximum absolute atomic E-state index is 12.9. The molecule has 0 heterocycles. The molecule has 0 fully saturated rings. The van der Waals surface area contributed by atoms with Gasteiger partial charge in [-0.3, -0.25) is 14.4 Å². The fourth-order valence-electron chi connectivity index (χ4n) is 9.62. The molecule has 450 valence electrons. The minimum Gasteiger partial charge on any atom is -0.462 e. The minimum atomic E-state index is -0.782. The van der Waals surface area contributed by atoms with Crippen molar-refractivity contribution in [2.45, 2.75) is 341 Å². The third-order valence-electron chi connectivity index (χ3n) is 14.6. The van der Waals surface area contributed by atoms with Crippen LogP contribution in [0.25, 0.3) is 0 Å². The first kappa shape index (κ1) is 74.6. The highest BCUT2D eigenvalue weighted by atomic mass is 16.6. The van der Waals surface area contributed by atoms with Crippen molar-refractivity contribution < 1.29 is 28.6 Å². The van der Waals surface area contributed by atoms with E-state index in [4.69, 9.17) is 14.2 Å². The van der Waals surface area contributed by atoms with Crippen molar-refractivity contribution in [1.82, 2.24) is 0 Å². The van der Waals surface area contributed by atoms with Crippen molar-refractivity contribution in [3.8, 4) is 0 Å². The van der Waals surface area contributed by atoms with Gasteiger partial charge in [0.25, 0.3) is 0 Å². The first-order chi connectivity index (χ1) is 38.5. The lowest BCUT2D eigenvalue weighted by molar-refractivity contribution is -0.167. The summed E-state index contributed by atoms with van der Waals surface area (Å²) in [6.45, 7) is 6.56. The zero-order chi connectivity index (χ0) is 56.4. The highest BCUT2D eigenvalue weighted by Crippen LogP contribution is 2.17. The molecule has 0 saturated heterocycles. The minimum absolute atomic E-state index is 0.0770. The molecule has 0 N–H and O–H groups in total. The van der Waals surface area contributed by atoms with E-state index in [0.29, 0.717) is 19.3 Å². The molecule has 0 aromatic rings. The normalized spacial score (nSPS) is 12.6. The van der Waals surface area contributed by atoms with E-state index in [-0.39, 0.29) is 31.1 Å². The molecule has 0 spiro atoms. The molecule has 0 radical (unpaired) electrons. The van der Waals surface area contributed by atoms with Gasteiger partial charge in [-0.2, -0.15) is 0 Å². The number of unbranched alkanes of at least 4 members (excludes halogenated alkanes) is 36. The van der Waals surface area contributed by atoms with Crippen molar-refractivity contribution in [1.29, 1.82) is 0 Å².